The van der Waals surface area contributed by atoms with E-state index in [2.05, 4.69) is 34.1 Å². The highest BCUT2D eigenvalue weighted by Crippen LogP contribution is 2.28. The molecule has 5 heteroatoms. The molecule has 96 valence electrons. The first-order valence-corrected chi connectivity index (χ1v) is 6.97. The fourth-order valence-electron chi connectivity index (χ4n) is 1.89. The van der Waals surface area contributed by atoms with Gasteiger partial charge in [-0.15, -0.1) is 11.3 Å². The van der Waals surface area contributed by atoms with Crippen molar-refractivity contribution in [2.24, 2.45) is 0 Å². The molecule has 0 aliphatic rings. The third kappa shape index (κ3) is 2.91. The zero-order valence-electron chi connectivity index (χ0n) is 11.0. The van der Waals surface area contributed by atoms with Crippen LogP contribution in [0, 0.1) is 13.8 Å². The molecule has 0 aliphatic carbocycles. The molecule has 0 radical (unpaired) electrons. The van der Waals surface area contributed by atoms with Crippen molar-refractivity contribution in [3.8, 4) is 0 Å². The summed E-state index contributed by atoms with van der Waals surface area (Å²) in [7, 11) is 0. The normalized spacial score (nSPS) is 12.6. The van der Waals surface area contributed by atoms with Crippen molar-refractivity contribution in [3.05, 3.63) is 39.9 Å². The maximum absolute atomic E-state index is 4.50. The van der Waals surface area contributed by atoms with E-state index >= 15 is 0 Å². The first kappa shape index (κ1) is 13.1. The topological polar surface area (TPSA) is 50.7 Å². The number of hydrogen-bond donors (Lipinski definition) is 1. The maximum Gasteiger partial charge on any atom is 0.0900 e. The van der Waals surface area contributed by atoms with E-state index in [-0.39, 0.29) is 6.04 Å². The van der Waals surface area contributed by atoms with Gasteiger partial charge in [-0.25, -0.2) is 4.98 Å². The van der Waals surface area contributed by atoms with Crippen LogP contribution in [0.15, 0.2) is 18.6 Å². The molecular formula is C13H18N4S. The van der Waals surface area contributed by atoms with Crippen molar-refractivity contribution in [1.82, 2.24) is 20.3 Å². The molecule has 1 atom stereocenters. The molecule has 2 aromatic rings. The Bertz CT molecular complexity index is 495. The van der Waals surface area contributed by atoms with E-state index in [9.17, 15) is 0 Å². The van der Waals surface area contributed by atoms with Crippen molar-refractivity contribution in [2.45, 2.75) is 33.2 Å². The van der Waals surface area contributed by atoms with E-state index in [4.69, 9.17) is 0 Å². The quantitative estimate of drug-likeness (QED) is 0.900. The maximum atomic E-state index is 4.50. The molecule has 2 rings (SSSR count). The van der Waals surface area contributed by atoms with Gasteiger partial charge in [-0.2, -0.15) is 0 Å². The number of nitrogens with one attached hydrogen (secondary N) is 1. The van der Waals surface area contributed by atoms with Gasteiger partial charge in [0.2, 0.25) is 0 Å². The van der Waals surface area contributed by atoms with Crippen LogP contribution < -0.4 is 5.32 Å². The molecule has 0 spiro atoms. The van der Waals surface area contributed by atoms with Gasteiger partial charge < -0.3 is 5.32 Å². The molecule has 0 bridgehead atoms. The Balaban J connectivity index is 2.34. The second kappa shape index (κ2) is 6.02. The Kier molecular flexibility index (Phi) is 4.38. The Hall–Kier alpha value is -1.33. The Morgan fingerprint density at radius 2 is 2.17 bits per heavy atom. The summed E-state index contributed by atoms with van der Waals surface area (Å²) in [6.45, 7) is 7.20. The highest BCUT2D eigenvalue weighted by Gasteiger charge is 2.20. The molecule has 1 unspecified atom stereocenters. The molecular weight excluding hydrogens is 244 g/mol. The third-order valence-corrected chi connectivity index (χ3v) is 3.82. The minimum Gasteiger partial charge on any atom is -0.304 e. The fraction of sp³-hybridized carbons (Fsp3) is 0.462. The van der Waals surface area contributed by atoms with E-state index in [1.54, 1.807) is 23.7 Å². The number of aromatic nitrogens is 3. The first-order valence-electron chi connectivity index (χ1n) is 6.15. The van der Waals surface area contributed by atoms with E-state index in [0.717, 1.165) is 29.4 Å². The van der Waals surface area contributed by atoms with Crippen LogP contribution in [0.2, 0.25) is 0 Å². The summed E-state index contributed by atoms with van der Waals surface area (Å²) >= 11 is 1.73. The van der Waals surface area contributed by atoms with Gasteiger partial charge in [-0.1, -0.05) is 6.92 Å². The van der Waals surface area contributed by atoms with E-state index in [1.807, 2.05) is 13.1 Å². The average molecular weight is 262 g/mol. The molecule has 4 nitrogen and oxygen atoms in total. The van der Waals surface area contributed by atoms with Crippen molar-refractivity contribution >= 4 is 11.3 Å². The van der Waals surface area contributed by atoms with Crippen LogP contribution in [0.3, 0.4) is 0 Å². The Morgan fingerprint density at radius 1 is 1.33 bits per heavy atom. The van der Waals surface area contributed by atoms with Crippen molar-refractivity contribution in [3.63, 3.8) is 0 Å². The van der Waals surface area contributed by atoms with Gasteiger partial charge in [0, 0.05) is 12.4 Å². The highest BCUT2D eigenvalue weighted by atomic mass is 32.1. The Labute approximate surface area is 112 Å². The summed E-state index contributed by atoms with van der Waals surface area (Å²) in [5, 5.41) is 4.62. The molecule has 2 aromatic heterocycles. The zero-order chi connectivity index (χ0) is 13.0. The molecule has 0 aliphatic heterocycles. The predicted molar refractivity (Wildman–Crippen MR) is 73.8 cm³/mol. The SMILES string of the molecule is CCCNC(c1cnccn1)c1sc(C)nc1C. The molecule has 0 amide bonds. The number of nitrogens with zero attached hydrogens (tertiary/aromatic N) is 3. The van der Waals surface area contributed by atoms with E-state index in [0.29, 0.717) is 0 Å². The van der Waals surface area contributed by atoms with Crippen molar-refractivity contribution in [1.29, 1.82) is 0 Å². The standard InChI is InChI=1S/C13H18N4S/c1-4-5-16-12(11-8-14-6-7-15-11)13-9(2)17-10(3)18-13/h6-8,12,16H,4-5H2,1-3H3. The van der Waals surface area contributed by atoms with Gasteiger partial charge in [-0.05, 0) is 26.8 Å². The van der Waals surface area contributed by atoms with Gasteiger partial charge in [0.05, 0.1) is 33.5 Å². The smallest absolute Gasteiger partial charge is 0.0900 e. The molecule has 0 aromatic carbocycles. The largest absolute Gasteiger partial charge is 0.304 e. The number of rotatable bonds is 5. The minimum absolute atomic E-state index is 0.102. The van der Waals surface area contributed by atoms with Gasteiger partial charge in [0.25, 0.3) is 0 Å². The lowest BCUT2D eigenvalue weighted by molar-refractivity contribution is 0.588. The first-order chi connectivity index (χ1) is 8.72. The second-order valence-corrected chi connectivity index (χ2v) is 5.43. The number of hydrogen-bond acceptors (Lipinski definition) is 5. The van der Waals surface area contributed by atoms with Crippen LogP contribution in [0.4, 0.5) is 0 Å². The summed E-state index contributed by atoms with van der Waals surface area (Å²) in [6.07, 6.45) is 6.35. The molecule has 0 saturated carbocycles. The number of aryl methyl sites for hydroxylation is 2. The lowest BCUT2D eigenvalue weighted by Gasteiger charge is -2.16. The highest BCUT2D eigenvalue weighted by molar-refractivity contribution is 7.11. The molecule has 0 saturated heterocycles. The molecule has 0 fully saturated rings. The van der Waals surface area contributed by atoms with Crippen molar-refractivity contribution in [2.75, 3.05) is 6.54 Å². The molecule has 18 heavy (non-hydrogen) atoms. The second-order valence-electron chi connectivity index (χ2n) is 4.20. The lowest BCUT2D eigenvalue weighted by Crippen LogP contribution is -2.24. The third-order valence-electron chi connectivity index (χ3n) is 2.68. The Morgan fingerprint density at radius 3 is 2.72 bits per heavy atom. The van der Waals surface area contributed by atoms with Crippen LogP contribution in [-0.2, 0) is 0 Å². The van der Waals surface area contributed by atoms with Gasteiger partial charge in [-0.3, -0.25) is 9.97 Å². The monoisotopic (exact) mass is 262 g/mol. The van der Waals surface area contributed by atoms with Crippen LogP contribution in [0.5, 0.6) is 0 Å². The molecule has 1 N–H and O–H groups in total. The summed E-state index contributed by atoms with van der Waals surface area (Å²) in [4.78, 5) is 14.3. The summed E-state index contributed by atoms with van der Waals surface area (Å²) < 4.78 is 0. The summed E-state index contributed by atoms with van der Waals surface area (Å²) in [5.74, 6) is 0. The zero-order valence-corrected chi connectivity index (χ0v) is 11.8. The van der Waals surface area contributed by atoms with Gasteiger partial charge in [0.15, 0.2) is 0 Å². The molecule has 2 heterocycles. The van der Waals surface area contributed by atoms with Crippen LogP contribution in [-0.4, -0.2) is 21.5 Å². The van der Waals surface area contributed by atoms with E-state index < -0.39 is 0 Å². The lowest BCUT2D eigenvalue weighted by atomic mass is 10.1. The van der Waals surface area contributed by atoms with Crippen LogP contribution >= 0.6 is 11.3 Å². The fourth-order valence-corrected chi connectivity index (χ4v) is 2.91. The average Bonchev–Trinajstić information content (AvgIpc) is 2.70. The summed E-state index contributed by atoms with van der Waals surface area (Å²) in [5.41, 5.74) is 2.04. The van der Waals surface area contributed by atoms with Gasteiger partial charge in [0.1, 0.15) is 0 Å². The summed E-state index contributed by atoms with van der Waals surface area (Å²) in [6, 6.07) is 0.102. The minimum atomic E-state index is 0.102. The number of thiazole rings is 1. The van der Waals surface area contributed by atoms with E-state index in [1.165, 1.54) is 4.88 Å². The van der Waals surface area contributed by atoms with Crippen molar-refractivity contribution < 1.29 is 0 Å². The van der Waals surface area contributed by atoms with Crippen LogP contribution in [0.1, 0.15) is 40.7 Å². The predicted octanol–water partition coefficient (Wildman–Crippen LogP) is 2.64. The van der Waals surface area contributed by atoms with Crippen LogP contribution in [0.25, 0.3) is 0 Å². The van der Waals surface area contributed by atoms with Gasteiger partial charge >= 0.3 is 0 Å².